The predicted octanol–water partition coefficient (Wildman–Crippen LogP) is 2.17. The molecular weight excluding hydrogens is 282 g/mol. The van der Waals surface area contributed by atoms with Crippen LogP contribution in [0.3, 0.4) is 0 Å². The summed E-state index contributed by atoms with van der Waals surface area (Å²) < 4.78 is 12.4. The zero-order chi connectivity index (χ0) is 15.9. The number of amides is 1. The lowest BCUT2D eigenvalue weighted by molar-refractivity contribution is -0.122. The van der Waals surface area contributed by atoms with Gasteiger partial charge in [0.1, 0.15) is 6.54 Å². The molecule has 1 amide bonds. The van der Waals surface area contributed by atoms with Gasteiger partial charge in [0.05, 0.1) is 19.8 Å². The summed E-state index contributed by atoms with van der Waals surface area (Å²) in [6.45, 7) is 4.62. The van der Waals surface area contributed by atoms with Gasteiger partial charge in [0, 0.05) is 12.4 Å². The van der Waals surface area contributed by atoms with Crippen LogP contribution in [0.4, 0.5) is 0 Å². The molecule has 0 spiro atoms. The van der Waals surface area contributed by atoms with Crippen LogP contribution in [-0.2, 0) is 11.3 Å². The highest BCUT2D eigenvalue weighted by Crippen LogP contribution is 2.30. The van der Waals surface area contributed by atoms with E-state index in [1.807, 2.05) is 32.0 Å². The van der Waals surface area contributed by atoms with E-state index in [9.17, 15) is 4.79 Å². The van der Waals surface area contributed by atoms with Gasteiger partial charge in [-0.2, -0.15) is 5.10 Å². The monoisotopic (exact) mass is 303 g/mol. The van der Waals surface area contributed by atoms with Crippen LogP contribution < -0.4 is 14.8 Å². The molecule has 2 rings (SSSR count). The van der Waals surface area contributed by atoms with Crippen molar-refractivity contribution < 1.29 is 14.3 Å². The molecule has 118 valence electrons. The number of nitrogens with zero attached hydrogens (tertiary/aromatic N) is 2. The molecule has 0 saturated heterocycles. The molecule has 0 aliphatic carbocycles. The second-order valence-electron chi connectivity index (χ2n) is 4.84. The molecule has 1 atom stereocenters. The predicted molar refractivity (Wildman–Crippen MR) is 82.9 cm³/mol. The summed E-state index contributed by atoms with van der Waals surface area (Å²) in [6.07, 6.45) is 3.40. The first kappa shape index (κ1) is 15.9. The summed E-state index contributed by atoms with van der Waals surface area (Å²) in [6, 6.07) is 7.31. The number of hydrogen-bond acceptors (Lipinski definition) is 4. The minimum atomic E-state index is -0.132. The Bertz CT molecular complexity index is 611. The fraction of sp³-hybridized carbons (Fsp3) is 0.375. The third-order valence-electron chi connectivity index (χ3n) is 3.23. The van der Waals surface area contributed by atoms with Gasteiger partial charge >= 0.3 is 0 Å². The third-order valence-corrected chi connectivity index (χ3v) is 3.23. The number of benzene rings is 1. The summed E-state index contributed by atoms with van der Waals surface area (Å²) in [5, 5.41) is 6.96. The minimum Gasteiger partial charge on any atom is -0.493 e. The van der Waals surface area contributed by atoms with Gasteiger partial charge in [-0.25, -0.2) is 0 Å². The molecule has 0 aliphatic rings. The molecule has 22 heavy (non-hydrogen) atoms. The van der Waals surface area contributed by atoms with Crippen LogP contribution in [-0.4, -0.2) is 29.4 Å². The number of ether oxygens (including phenoxy) is 2. The van der Waals surface area contributed by atoms with Crippen molar-refractivity contribution >= 4 is 5.91 Å². The normalized spacial score (nSPS) is 11.8. The van der Waals surface area contributed by atoms with Gasteiger partial charge in [-0.15, -0.1) is 0 Å². The Labute approximate surface area is 130 Å². The molecule has 1 aromatic carbocycles. The average molecular weight is 303 g/mol. The molecule has 0 aliphatic heterocycles. The smallest absolute Gasteiger partial charge is 0.242 e. The third kappa shape index (κ3) is 4.00. The number of carbonyl (C=O) groups excluding carboxylic acids is 1. The van der Waals surface area contributed by atoms with Crippen molar-refractivity contribution in [2.75, 3.05) is 13.7 Å². The zero-order valence-electron chi connectivity index (χ0n) is 13.1. The van der Waals surface area contributed by atoms with Gasteiger partial charge in [0.2, 0.25) is 5.91 Å². The number of rotatable bonds is 7. The van der Waals surface area contributed by atoms with Crippen LogP contribution in [0.5, 0.6) is 11.5 Å². The highest BCUT2D eigenvalue weighted by Gasteiger charge is 2.13. The first-order valence-corrected chi connectivity index (χ1v) is 7.21. The zero-order valence-corrected chi connectivity index (χ0v) is 13.1. The van der Waals surface area contributed by atoms with Crippen LogP contribution >= 0.6 is 0 Å². The average Bonchev–Trinajstić information content (AvgIpc) is 3.00. The summed E-state index contributed by atoms with van der Waals surface area (Å²) >= 11 is 0. The molecule has 0 radical (unpaired) electrons. The van der Waals surface area contributed by atoms with Crippen LogP contribution in [0.15, 0.2) is 36.7 Å². The van der Waals surface area contributed by atoms with E-state index < -0.39 is 0 Å². The van der Waals surface area contributed by atoms with E-state index in [0.717, 1.165) is 5.56 Å². The molecule has 0 saturated carbocycles. The van der Waals surface area contributed by atoms with Gasteiger partial charge in [-0.05, 0) is 37.6 Å². The quantitative estimate of drug-likeness (QED) is 0.851. The molecular formula is C16H21N3O3. The molecule has 0 fully saturated rings. The van der Waals surface area contributed by atoms with Crippen molar-refractivity contribution in [2.24, 2.45) is 0 Å². The summed E-state index contributed by atoms with van der Waals surface area (Å²) in [7, 11) is 1.60. The maximum atomic E-state index is 12.0. The molecule has 6 nitrogen and oxygen atoms in total. The van der Waals surface area contributed by atoms with Crippen molar-refractivity contribution in [3.05, 3.63) is 42.2 Å². The molecule has 0 bridgehead atoms. The topological polar surface area (TPSA) is 65.4 Å². The highest BCUT2D eigenvalue weighted by atomic mass is 16.5. The first-order chi connectivity index (χ1) is 10.6. The van der Waals surface area contributed by atoms with E-state index in [2.05, 4.69) is 10.4 Å². The second-order valence-corrected chi connectivity index (χ2v) is 4.84. The van der Waals surface area contributed by atoms with Crippen molar-refractivity contribution in [2.45, 2.75) is 26.4 Å². The molecule has 1 unspecified atom stereocenters. The van der Waals surface area contributed by atoms with Gasteiger partial charge < -0.3 is 14.8 Å². The van der Waals surface area contributed by atoms with Gasteiger partial charge in [0.25, 0.3) is 0 Å². The van der Waals surface area contributed by atoms with Crippen LogP contribution in [0.2, 0.25) is 0 Å². The molecule has 2 aromatic rings. The van der Waals surface area contributed by atoms with E-state index in [0.29, 0.717) is 18.1 Å². The number of aromatic nitrogens is 2. The maximum Gasteiger partial charge on any atom is 0.242 e. The summed E-state index contributed by atoms with van der Waals surface area (Å²) in [5.41, 5.74) is 0.953. The molecule has 6 heteroatoms. The first-order valence-electron chi connectivity index (χ1n) is 7.21. The SMILES string of the molecule is CCOc1ccc(C(C)NC(=O)Cn2cccn2)cc1OC. The number of hydrogen-bond donors (Lipinski definition) is 1. The summed E-state index contributed by atoms with van der Waals surface area (Å²) in [5.74, 6) is 1.26. The lowest BCUT2D eigenvalue weighted by Crippen LogP contribution is -2.30. The lowest BCUT2D eigenvalue weighted by atomic mass is 10.1. The van der Waals surface area contributed by atoms with Gasteiger partial charge in [0.15, 0.2) is 11.5 Å². The second kappa shape index (κ2) is 7.49. The van der Waals surface area contributed by atoms with Crippen molar-refractivity contribution in [1.82, 2.24) is 15.1 Å². The summed E-state index contributed by atoms with van der Waals surface area (Å²) in [4.78, 5) is 12.0. The van der Waals surface area contributed by atoms with Crippen molar-refractivity contribution in [3.8, 4) is 11.5 Å². The standard InChI is InChI=1S/C16H21N3O3/c1-4-22-14-7-6-13(10-15(14)21-3)12(2)18-16(20)11-19-9-5-8-17-19/h5-10,12H,4,11H2,1-3H3,(H,18,20). The van der Waals surface area contributed by atoms with Crippen LogP contribution in [0, 0.1) is 0 Å². The van der Waals surface area contributed by atoms with E-state index in [1.54, 1.807) is 30.3 Å². The van der Waals surface area contributed by atoms with E-state index in [1.165, 1.54) is 0 Å². The Balaban J connectivity index is 2.02. The fourth-order valence-corrected chi connectivity index (χ4v) is 2.14. The van der Waals surface area contributed by atoms with E-state index >= 15 is 0 Å². The Morgan fingerprint density at radius 2 is 2.23 bits per heavy atom. The van der Waals surface area contributed by atoms with Crippen molar-refractivity contribution in [1.29, 1.82) is 0 Å². The Kier molecular flexibility index (Phi) is 5.41. The minimum absolute atomic E-state index is 0.0935. The van der Waals surface area contributed by atoms with E-state index in [-0.39, 0.29) is 18.5 Å². The number of carbonyl (C=O) groups is 1. The molecule has 1 heterocycles. The van der Waals surface area contributed by atoms with Crippen LogP contribution in [0.1, 0.15) is 25.5 Å². The van der Waals surface area contributed by atoms with Gasteiger partial charge in [-0.3, -0.25) is 9.48 Å². The molecule has 1 aromatic heterocycles. The Hall–Kier alpha value is -2.50. The largest absolute Gasteiger partial charge is 0.493 e. The fourth-order valence-electron chi connectivity index (χ4n) is 2.14. The number of nitrogens with one attached hydrogen (secondary N) is 1. The Morgan fingerprint density at radius 1 is 1.41 bits per heavy atom. The lowest BCUT2D eigenvalue weighted by Gasteiger charge is -2.17. The van der Waals surface area contributed by atoms with E-state index in [4.69, 9.17) is 9.47 Å². The van der Waals surface area contributed by atoms with Gasteiger partial charge in [-0.1, -0.05) is 6.07 Å². The van der Waals surface area contributed by atoms with Crippen molar-refractivity contribution in [3.63, 3.8) is 0 Å². The van der Waals surface area contributed by atoms with Crippen LogP contribution in [0.25, 0.3) is 0 Å². The highest BCUT2D eigenvalue weighted by molar-refractivity contribution is 5.76. The maximum absolute atomic E-state index is 12.0. The molecule has 1 N–H and O–H groups in total. The number of methoxy groups -OCH3 is 1. The Morgan fingerprint density at radius 3 is 2.86 bits per heavy atom.